The summed E-state index contributed by atoms with van der Waals surface area (Å²) in [6.07, 6.45) is 0.432. The first-order valence-corrected chi connectivity index (χ1v) is 9.02. The number of carbonyl (C=O) groups excluding carboxylic acids is 1. The number of benzene rings is 2. The third-order valence-electron chi connectivity index (χ3n) is 4.61. The van der Waals surface area contributed by atoms with Crippen LogP contribution in [0.3, 0.4) is 0 Å². The minimum atomic E-state index is -4.73. The van der Waals surface area contributed by atoms with Gasteiger partial charge in [-0.3, -0.25) is 9.67 Å². The van der Waals surface area contributed by atoms with Crippen molar-refractivity contribution in [2.75, 3.05) is 10.6 Å². The number of fused-ring (bicyclic) bond motifs is 1. The SMILES string of the molecule is Cn1ncc2c(-c3ccc(NC(=O)Nc4cc(F)cc(C(F)(F)F)c4)cc3)cncc21. The van der Waals surface area contributed by atoms with Crippen molar-refractivity contribution in [2.24, 2.45) is 7.05 Å². The van der Waals surface area contributed by atoms with Gasteiger partial charge in [-0.25, -0.2) is 9.18 Å². The zero-order valence-corrected chi connectivity index (χ0v) is 16.0. The molecule has 2 N–H and O–H groups in total. The minimum Gasteiger partial charge on any atom is -0.308 e. The monoisotopic (exact) mass is 429 g/mol. The summed E-state index contributed by atoms with van der Waals surface area (Å²) in [7, 11) is 1.82. The average molecular weight is 429 g/mol. The van der Waals surface area contributed by atoms with Crippen molar-refractivity contribution in [1.29, 1.82) is 0 Å². The Bertz CT molecular complexity index is 1270. The van der Waals surface area contributed by atoms with Crippen LogP contribution >= 0.6 is 0 Å². The minimum absolute atomic E-state index is 0.309. The third-order valence-corrected chi connectivity index (χ3v) is 4.61. The Hall–Kier alpha value is -3.95. The summed E-state index contributed by atoms with van der Waals surface area (Å²) in [5, 5.41) is 9.85. The second-order valence-corrected chi connectivity index (χ2v) is 6.77. The molecule has 0 aliphatic rings. The van der Waals surface area contributed by atoms with E-state index in [-0.39, 0.29) is 5.69 Å². The topological polar surface area (TPSA) is 71.8 Å². The first-order chi connectivity index (χ1) is 14.7. The molecule has 0 atom stereocenters. The summed E-state index contributed by atoms with van der Waals surface area (Å²) in [6, 6.07) is 7.83. The lowest BCUT2D eigenvalue weighted by molar-refractivity contribution is -0.137. The van der Waals surface area contributed by atoms with Gasteiger partial charge in [-0.05, 0) is 35.9 Å². The predicted molar refractivity (Wildman–Crippen MR) is 108 cm³/mol. The molecule has 0 unspecified atom stereocenters. The molecule has 31 heavy (non-hydrogen) atoms. The van der Waals surface area contributed by atoms with E-state index in [0.29, 0.717) is 17.8 Å². The van der Waals surface area contributed by atoms with Crippen molar-refractivity contribution in [3.8, 4) is 11.1 Å². The van der Waals surface area contributed by atoms with Crippen molar-refractivity contribution in [1.82, 2.24) is 14.8 Å². The van der Waals surface area contributed by atoms with Gasteiger partial charge in [0.2, 0.25) is 0 Å². The Labute approximate surface area is 173 Å². The van der Waals surface area contributed by atoms with Crippen molar-refractivity contribution in [2.45, 2.75) is 6.18 Å². The number of aromatic nitrogens is 3. The van der Waals surface area contributed by atoms with Crippen LogP contribution in [-0.4, -0.2) is 20.8 Å². The second kappa shape index (κ2) is 7.71. The van der Waals surface area contributed by atoms with E-state index in [9.17, 15) is 22.4 Å². The number of nitrogens with zero attached hydrogens (tertiary/aromatic N) is 3. The molecule has 10 heteroatoms. The highest BCUT2D eigenvalue weighted by Gasteiger charge is 2.31. The van der Waals surface area contributed by atoms with Crippen LogP contribution in [0.4, 0.5) is 33.7 Å². The van der Waals surface area contributed by atoms with E-state index >= 15 is 0 Å². The van der Waals surface area contributed by atoms with Gasteiger partial charge in [0.05, 0.1) is 23.5 Å². The lowest BCUT2D eigenvalue weighted by Crippen LogP contribution is -2.20. The van der Waals surface area contributed by atoms with E-state index in [1.54, 1.807) is 47.5 Å². The van der Waals surface area contributed by atoms with Crippen LogP contribution in [0.5, 0.6) is 0 Å². The number of alkyl halides is 3. The van der Waals surface area contributed by atoms with Crippen molar-refractivity contribution < 1.29 is 22.4 Å². The molecule has 0 spiro atoms. The number of urea groups is 1. The van der Waals surface area contributed by atoms with Gasteiger partial charge in [0.1, 0.15) is 5.82 Å². The van der Waals surface area contributed by atoms with Crippen LogP contribution in [0.15, 0.2) is 61.1 Å². The molecule has 6 nitrogen and oxygen atoms in total. The van der Waals surface area contributed by atoms with Crippen LogP contribution in [0.25, 0.3) is 22.0 Å². The average Bonchev–Trinajstić information content (AvgIpc) is 3.09. The number of nitrogens with one attached hydrogen (secondary N) is 2. The van der Waals surface area contributed by atoms with Gasteiger partial charge in [0.25, 0.3) is 0 Å². The van der Waals surface area contributed by atoms with Crippen molar-refractivity contribution in [3.63, 3.8) is 0 Å². The standard InChI is InChI=1S/C21H15F4N5O/c1-30-19-11-26-9-17(18(19)10-27-30)12-2-4-15(5-3-12)28-20(31)29-16-7-13(21(23,24)25)6-14(22)8-16/h2-11H,1H3,(H2,28,29,31). The largest absolute Gasteiger partial charge is 0.416 e. The molecule has 2 aromatic heterocycles. The van der Waals surface area contributed by atoms with Crippen LogP contribution < -0.4 is 10.6 Å². The van der Waals surface area contributed by atoms with Crippen LogP contribution in [0.2, 0.25) is 0 Å². The first kappa shape index (κ1) is 20.3. The summed E-state index contributed by atoms with van der Waals surface area (Å²) in [5.74, 6) is -1.10. The number of hydrogen-bond donors (Lipinski definition) is 2. The Morgan fingerprint density at radius 3 is 2.39 bits per heavy atom. The number of hydrogen-bond acceptors (Lipinski definition) is 3. The Morgan fingerprint density at radius 1 is 0.968 bits per heavy atom. The fourth-order valence-electron chi connectivity index (χ4n) is 3.14. The van der Waals surface area contributed by atoms with E-state index in [4.69, 9.17) is 0 Å². The first-order valence-electron chi connectivity index (χ1n) is 9.02. The third kappa shape index (κ3) is 4.32. The molecule has 0 fully saturated rings. The number of halogens is 4. The summed E-state index contributed by atoms with van der Waals surface area (Å²) in [5.41, 5.74) is 1.48. The molecule has 2 heterocycles. The van der Waals surface area contributed by atoms with E-state index in [0.717, 1.165) is 28.1 Å². The van der Waals surface area contributed by atoms with E-state index in [1.165, 1.54) is 0 Å². The molecule has 4 rings (SSSR count). The van der Waals surface area contributed by atoms with Crippen LogP contribution in [0, 0.1) is 5.82 Å². The highest BCUT2D eigenvalue weighted by atomic mass is 19.4. The molecular formula is C21H15F4N5O. The van der Waals surface area contributed by atoms with Crippen LogP contribution in [0.1, 0.15) is 5.56 Å². The summed E-state index contributed by atoms with van der Waals surface area (Å²) < 4.78 is 53.6. The highest BCUT2D eigenvalue weighted by Crippen LogP contribution is 2.32. The number of rotatable bonds is 3. The molecular weight excluding hydrogens is 414 g/mol. The normalized spacial score (nSPS) is 11.5. The van der Waals surface area contributed by atoms with Crippen LogP contribution in [-0.2, 0) is 13.2 Å². The van der Waals surface area contributed by atoms with Gasteiger partial charge in [-0.2, -0.15) is 18.3 Å². The van der Waals surface area contributed by atoms with Crippen molar-refractivity contribution >= 4 is 28.3 Å². The smallest absolute Gasteiger partial charge is 0.308 e. The van der Waals surface area contributed by atoms with Gasteiger partial charge in [0, 0.05) is 35.6 Å². The maximum Gasteiger partial charge on any atom is 0.416 e. The quantitative estimate of drug-likeness (QED) is 0.426. The van der Waals surface area contributed by atoms with E-state index < -0.39 is 23.6 Å². The van der Waals surface area contributed by atoms with Gasteiger partial charge in [0.15, 0.2) is 0 Å². The molecule has 0 radical (unpaired) electrons. The molecule has 2 aromatic carbocycles. The van der Waals surface area contributed by atoms with E-state index in [1.807, 2.05) is 7.05 Å². The molecule has 158 valence electrons. The zero-order chi connectivity index (χ0) is 22.2. The number of anilines is 2. The Balaban J connectivity index is 1.49. The summed E-state index contributed by atoms with van der Waals surface area (Å²) >= 11 is 0. The summed E-state index contributed by atoms with van der Waals surface area (Å²) in [6.45, 7) is 0. The number of carbonyl (C=O) groups is 1. The second-order valence-electron chi connectivity index (χ2n) is 6.77. The fraction of sp³-hybridized carbons (Fsp3) is 0.0952. The molecule has 0 bridgehead atoms. The van der Waals surface area contributed by atoms with Gasteiger partial charge >= 0.3 is 12.2 Å². The van der Waals surface area contributed by atoms with E-state index in [2.05, 4.69) is 20.7 Å². The molecule has 2 amide bonds. The van der Waals surface area contributed by atoms with Crippen molar-refractivity contribution in [3.05, 3.63) is 72.4 Å². The predicted octanol–water partition coefficient (Wildman–Crippen LogP) is 5.44. The zero-order valence-electron chi connectivity index (χ0n) is 16.0. The molecule has 4 aromatic rings. The molecule has 0 saturated heterocycles. The van der Waals surface area contributed by atoms with Gasteiger partial charge in [-0.1, -0.05) is 12.1 Å². The highest BCUT2D eigenvalue weighted by molar-refractivity contribution is 6.00. The Morgan fingerprint density at radius 2 is 1.68 bits per heavy atom. The maximum absolute atomic E-state index is 13.5. The number of amides is 2. The fourth-order valence-corrected chi connectivity index (χ4v) is 3.14. The van der Waals surface area contributed by atoms with Gasteiger partial charge in [-0.15, -0.1) is 0 Å². The lowest BCUT2D eigenvalue weighted by Gasteiger charge is -2.12. The summed E-state index contributed by atoms with van der Waals surface area (Å²) in [4.78, 5) is 16.4. The number of aryl methyl sites for hydroxylation is 1. The molecule has 0 aliphatic carbocycles. The number of pyridine rings is 1. The maximum atomic E-state index is 13.5. The Kier molecular flexibility index (Phi) is 5.05. The molecule has 0 aliphatic heterocycles. The molecule has 0 saturated carbocycles. The van der Waals surface area contributed by atoms with Gasteiger partial charge < -0.3 is 10.6 Å². The lowest BCUT2D eigenvalue weighted by atomic mass is 10.0.